The van der Waals surface area contributed by atoms with Crippen LogP contribution in [0.2, 0.25) is 0 Å². The van der Waals surface area contributed by atoms with Crippen LogP contribution in [0.3, 0.4) is 0 Å². The normalized spacial score (nSPS) is 41.0. The van der Waals surface area contributed by atoms with Crippen molar-refractivity contribution >= 4 is 5.96 Å². The Kier molecular flexibility index (Phi) is 9.29. The van der Waals surface area contributed by atoms with E-state index in [9.17, 15) is 30.7 Å². The summed E-state index contributed by atoms with van der Waals surface area (Å²) in [6.07, 6.45) is -5.86. The highest BCUT2D eigenvalue weighted by Crippen LogP contribution is 2.41. The smallest absolute Gasteiger partial charge is 0.332 e. The molecule has 0 aromatic carbocycles. The van der Waals surface area contributed by atoms with Gasteiger partial charge in [-0.25, -0.2) is 4.39 Å². The molecule has 0 spiro atoms. The summed E-state index contributed by atoms with van der Waals surface area (Å²) in [5, 5.41) is 25.1. The third kappa shape index (κ3) is 6.79. The van der Waals surface area contributed by atoms with E-state index < -0.39 is 56.4 Å². The lowest BCUT2D eigenvalue weighted by atomic mass is 9.80. The Morgan fingerprint density at radius 3 is 2.20 bits per heavy atom. The van der Waals surface area contributed by atoms with Crippen LogP contribution in [0.4, 0.5) is 30.7 Å². The first-order valence-corrected chi connectivity index (χ1v) is 15.7. The number of alkyl halides is 7. The molecule has 0 bridgehead atoms. The summed E-state index contributed by atoms with van der Waals surface area (Å²) in [5.74, 6) is 0.0972. The number of guanidine groups is 1. The molecule has 4 heterocycles. The van der Waals surface area contributed by atoms with Crippen LogP contribution in [0.25, 0.3) is 0 Å². The molecule has 2 aliphatic carbocycles. The Morgan fingerprint density at radius 2 is 1.59 bits per heavy atom. The second kappa shape index (κ2) is 12.6. The van der Waals surface area contributed by atoms with Crippen molar-refractivity contribution in [2.45, 2.75) is 93.7 Å². The quantitative estimate of drug-likeness (QED) is 0.221. The zero-order chi connectivity index (χ0) is 31.4. The van der Waals surface area contributed by atoms with Crippen molar-refractivity contribution in [3.63, 3.8) is 0 Å². The average molecular weight is 644 g/mol. The molecule has 0 aromatic heterocycles. The standard InChI is InChI=1S/C27H44F7N9O/c1-41-10-18(27(32,33)34)39-22(41)16-4-2-14(3-5-16)9-42-23-17(43(25(42)35)11-26(29,30)31)8-36-21(40-23)19-20(15-6-7-15)37-13-38-24(19)44-12-28/h14-24,35-40H,2-13H2,1H3. The molecule has 6 aliphatic rings. The molecule has 17 heteroatoms. The SMILES string of the molecule is CN1CC(C(F)(F)F)NC1C1CCC(CN2C(=N)N(CC(F)(F)F)C3CNC(C4C(OCF)NCNC4C4CC4)NC32)CC1. The number of nitrogens with zero attached hydrogens (tertiary/aromatic N) is 3. The highest BCUT2D eigenvalue weighted by Gasteiger charge is 2.54. The number of halogens is 7. The Labute approximate surface area is 252 Å². The molecule has 4 aliphatic heterocycles. The molecule has 6 fully saturated rings. The van der Waals surface area contributed by atoms with Gasteiger partial charge in [-0.2, -0.15) is 26.3 Å². The van der Waals surface area contributed by atoms with E-state index in [0.717, 1.165) is 17.7 Å². The lowest BCUT2D eigenvalue weighted by Gasteiger charge is -2.48. The van der Waals surface area contributed by atoms with E-state index in [1.165, 1.54) is 0 Å². The second-order valence-corrected chi connectivity index (χ2v) is 13.4. The molecule has 6 N–H and O–H groups in total. The van der Waals surface area contributed by atoms with Gasteiger partial charge in [0.15, 0.2) is 12.8 Å². The fourth-order valence-corrected chi connectivity index (χ4v) is 8.32. The van der Waals surface area contributed by atoms with Gasteiger partial charge >= 0.3 is 12.4 Å². The first-order chi connectivity index (χ1) is 20.8. The number of hydrogen-bond acceptors (Lipinski definition) is 8. The summed E-state index contributed by atoms with van der Waals surface area (Å²) in [6, 6.07) is -2.17. The Balaban J connectivity index is 1.14. The van der Waals surface area contributed by atoms with E-state index in [4.69, 9.17) is 10.1 Å². The van der Waals surface area contributed by atoms with Gasteiger partial charge in [-0.05, 0) is 63.3 Å². The number of rotatable bonds is 8. The van der Waals surface area contributed by atoms with Crippen molar-refractivity contribution < 1.29 is 35.5 Å². The van der Waals surface area contributed by atoms with Gasteiger partial charge in [0.2, 0.25) is 0 Å². The van der Waals surface area contributed by atoms with Gasteiger partial charge in [0.05, 0.1) is 18.4 Å². The van der Waals surface area contributed by atoms with Gasteiger partial charge in [-0.1, -0.05) is 0 Å². The molecule has 0 amide bonds. The molecule has 8 atom stereocenters. The van der Waals surface area contributed by atoms with Crippen LogP contribution in [-0.2, 0) is 4.74 Å². The number of fused-ring (bicyclic) bond motifs is 1. The van der Waals surface area contributed by atoms with Gasteiger partial charge in [0.25, 0.3) is 0 Å². The Hall–Kier alpha value is -1.50. The van der Waals surface area contributed by atoms with Gasteiger partial charge in [0.1, 0.15) is 25.0 Å². The van der Waals surface area contributed by atoms with E-state index >= 15 is 0 Å². The molecule has 0 radical (unpaired) electrons. The van der Waals surface area contributed by atoms with Crippen LogP contribution in [0.15, 0.2) is 0 Å². The summed E-state index contributed by atoms with van der Waals surface area (Å²) < 4.78 is 99.7. The first-order valence-electron chi connectivity index (χ1n) is 15.7. The van der Waals surface area contributed by atoms with Crippen LogP contribution in [0.5, 0.6) is 0 Å². The first kappa shape index (κ1) is 32.4. The fraction of sp³-hybridized carbons (Fsp3) is 0.963. The zero-order valence-electron chi connectivity index (χ0n) is 24.7. The maximum Gasteiger partial charge on any atom is 0.406 e. The molecule has 252 valence electrons. The van der Waals surface area contributed by atoms with E-state index in [1.54, 1.807) is 16.8 Å². The summed E-state index contributed by atoms with van der Waals surface area (Å²) in [6.45, 7) is -1.26. The highest BCUT2D eigenvalue weighted by molar-refractivity contribution is 5.80. The predicted octanol–water partition coefficient (Wildman–Crippen LogP) is 1.73. The van der Waals surface area contributed by atoms with Crippen LogP contribution in [0, 0.1) is 29.1 Å². The molecular formula is C27H44F7N9O. The monoisotopic (exact) mass is 643 g/mol. The van der Waals surface area contributed by atoms with Gasteiger partial charge in [0, 0.05) is 38.3 Å². The summed E-state index contributed by atoms with van der Waals surface area (Å²) in [7, 11) is 1.70. The largest absolute Gasteiger partial charge is 0.406 e. The molecule has 4 saturated heterocycles. The van der Waals surface area contributed by atoms with Crippen LogP contribution in [0.1, 0.15) is 38.5 Å². The van der Waals surface area contributed by atoms with E-state index in [1.807, 2.05) is 0 Å². The third-order valence-electron chi connectivity index (χ3n) is 10.6. The van der Waals surface area contributed by atoms with E-state index in [-0.39, 0.29) is 49.0 Å². The molecule has 6 rings (SSSR count). The van der Waals surface area contributed by atoms with Crippen molar-refractivity contribution in [2.75, 3.05) is 46.8 Å². The summed E-state index contributed by atoms with van der Waals surface area (Å²) >= 11 is 0. The minimum absolute atomic E-state index is 0.0319. The number of nitrogens with one attached hydrogen (secondary N) is 6. The van der Waals surface area contributed by atoms with Crippen molar-refractivity contribution in [2.24, 2.45) is 23.7 Å². The minimum atomic E-state index is -4.50. The number of hydrogen-bond donors (Lipinski definition) is 6. The van der Waals surface area contributed by atoms with Gasteiger partial charge in [-0.15, -0.1) is 0 Å². The summed E-state index contributed by atoms with van der Waals surface area (Å²) in [5.41, 5.74) is 0. The maximum absolute atomic E-state index is 13.7. The molecule has 0 aromatic rings. The second-order valence-electron chi connectivity index (χ2n) is 13.4. The molecule has 8 unspecified atom stereocenters. The Morgan fingerprint density at radius 1 is 0.886 bits per heavy atom. The van der Waals surface area contributed by atoms with Crippen molar-refractivity contribution in [1.82, 2.24) is 41.3 Å². The lowest BCUT2D eigenvalue weighted by Crippen LogP contribution is -2.73. The van der Waals surface area contributed by atoms with Crippen LogP contribution >= 0.6 is 0 Å². The average Bonchev–Trinajstić information content (AvgIpc) is 3.69. The summed E-state index contributed by atoms with van der Waals surface area (Å²) in [4.78, 5) is 4.56. The zero-order valence-corrected chi connectivity index (χ0v) is 24.7. The maximum atomic E-state index is 13.7. The minimum Gasteiger partial charge on any atom is -0.332 e. The Bertz CT molecular complexity index is 1010. The van der Waals surface area contributed by atoms with Crippen molar-refractivity contribution in [1.29, 1.82) is 5.41 Å². The molecular weight excluding hydrogens is 599 g/mol. The van der Waals surface area contributed by atoms with Gasteiger partial charge in [-0.3, -0.25) is 31.6 Å². The fourth-order valence-electron chi connectivity index (χ4n) is 8.32. The van der Waals surface area contributed by atoms with Crippen LogP contribution < -0.4 is 26.6 Å². The van der Waals surface area contributed by atoms with Crippen molar-refractivity contribution in [3.8, 4) is 0 Å². The van der Waals surface area contributed by atoms with E-state index in [2.05, 4.69) is 26.6 Å². The number of ether oxygens (including phenoxy) is 1. The van der Waals surface area contributed by atoms with E-state index in [0.29, 0.717) is 44.8 Å². The highest BCUT2D eigenvalue weighted by atomic mass is 19.4. The lowest BCUT2D eigenvalue weighted by molar-refractivity contribution is -0.150. The van der Waals surface area contributed by atoms with Gasteiger partial charge < -0.3 is 19.9 Å². The molecule has 10 nitrogen and oxygen atoms in total. The van der Waals surface area contributed by atoms with Crippen molar-refractivity contribution in [3.05, 3.63) is 0 Å². The number of likely N-dealkylation sites (N-methyl/N-ethyl adjacent to an activating group) is 1. The molecule has 44 heavy (non-hydrogen) atoms. The topological polar surface area (TPSA) is 103 Å². The van der Waals surface area contributed by atoms with Crippen LogP contribution in [-0.4, -0.2) is 123 Å². The molecule has 2 saturated carbocycles. The third-order valence-corrected chi connectivity index (χ3v) is 10.6. The predicted molar refractivity (Wildman–Crippen MR) is 147 cm³/mol.